The Morgan fingerprint density at radius 2 is 2.08 bits per heavy atom. The van der Waals surface area contributed by atoms with E-state index in [4.69, 9.17) is 10.7 Å². The van der Waals surface area contributed by atoms with Crippen molar-refractivity contribution < 1.29 is 0 Å². The highest BCUT2D eigenvalue weighted by molar-refractivity contribution is 5.58. The van der Waals surface area contributed by atoms with Gasteiger partial charge in [0.25, 0.3) is 5.56 Å². The third-order valence-corrected chi connectivity index (χ3v) is 5.23. The Balaban J connectivity index is 1.57. The molecule has 1 aliphatic heterocycles. The molecule has 0 saturated carbocycles. The lowest BCUT2D eigenvalue weighted by Crippen LogP contribution is -2.38. The van der Waals surface area contributed by atoms with E-state index in [2.05, 4.69) is 22.0 Å². The molecule has 5 heteroatoms. The van der Waals surface area contributed by atoms with Crippen LogP contribution in [-0.2, 0) is 13.0 Å². The number of hydrogen-bond donors (Lipinski definition) is 2. The van der Waals surface area contributed by atoms with Gasteiger partial charge >= 0.3 is 0 Å². The van der Waals surface area contributed by atoms with Crippen LogP contribution in [0.15, 0.2) is 41.2 Å². The molecule has 1 unspecified atom stereocenters. The number of aromatic nitrogens is 2. The van der Waals surface area contributed by atoms with E-state index in [-0.39, 0.29) is 5.56 Å². The first-order chi connectivity index (χ1) is 12.2. The maximum atomic E-state index is 12.5. The lowest BCUT2D eigenvalue weighted by molar-refractivity contribution is 0.203. The SMILES string of the molecule is Nc1ccc(-c2nc3c(c(=O)[nH]2)CCN(CC2CC=CCC2)C3)cc1. The third-order valence-electron chi connectivity index (χ3n) is 5.23. The number of nitrogens with one attached hydrogen (secondary N) is 1. The number of hydrogen-bond acceptors (Lipinski definition) is 4. The topological polar surface area (TPSA) is 75.0 Å². The molecule has 5 nitrogen and oxygen atoms in total. The van der Waals surface area contributed by atoms with Crippen LogP contribution in [0, 0.1) is 5.92 Å². The third kappa shape index (κ3) is 3.51. The molecule has 0 spiro atoms. The average molecular weight is 336 g/mol. The molecule has 25 heavy (non-hydrogen) atoms. The number of nitrogen functional groups attached to an aromatic ring is 1. The monoisotopic (exact) mass is 336 g/mol. The number of fused-ring (bicyclic) bond motifs is 1. The highest BCUT2D eigenvalue weighted by atomic mass is 16.1. The maximum absolute atomic E-state index is 12.5. The van der Waals surface area contributed by atoms with Crippen molar-refractivity contribution in [1.82, 2.24) is 14.9 Å². The van der Waals surface area contributed by atoms with Gasteiger partial charge in [-0.1, -0.05) is 12.2 Å². The van der Waals surface area contributed by atoms with Crippen LogP contribution >= 0.6 is 0 Å². The molecule has 130 valence electrons. The van der Waals surface area contributed by atoms with E-state index < -0.39 is 0 Å². The van der Waals surface area contributed by atoms with Crippen LogP contribution in [0.2, 0.25) is 0 Å². The maximum Gasteiger partial charge on any atom is 0.254 e. The smallest absolute Gasteiger partial charge is 0.254 e. The summed E-state index contributed by atoms with van der Waals surface area (Å²) in [7, 11) is 0. The Morgan fingerprint density at radius 1 is 1.24 bits per heavy atom. The Labute approximate surface area is 147 Å². The molecule has 4 rings (SSSR count). The standard InChI is InChI=1S/C20H24N4O/c21-16-8-6-15(7-9-16)19-22-18-13-24(11-10-17(18)20(25)23-19)12-14-4-2-1-3-5-14/h1-2,6-9,14H,3-5,10-13,21H2,(H,22,23,25). The highest BCUT2D eigenvalue weighted by Gasteiger charge is 2.23. The van der Waals surface area contributed by atoms with E-state index in [0.717, 1.165) is 48.8 Å². The van der Waals surface area contributed by atoms with Crippen molar-refractivity contribution in [1.29, 1.82) is 0 Å². The zero-order valence-electron chi connectivity index (χ0n) is 14.4. The molecule has 0 amide bonds. The van der Waals surface area contributed by atoms with Gasteiger partial charge in [-0.25, -0.2) is 4.98 Å². The summed E-state index contributed by atoms with van der Waals surface area (Å²) in [6, 6.07) is 7.46. The molecule has 0 saturated heterocycles. The van der Waals surface area contributed by atoms with Crippen LogP contribution < -0.4 is 11.3 Å². The van der Waals surface area contributed by atoms with Gasteiger partial charge in [0.1, 0.15) is 5.82 Å². The molecule has 3 N–H and O–H groups in total. The first-order valence-electron chi connectivity index (χ1n) is 9.04. The Bertz CT molecular complexity index is 838. The summed E-state index contributed by atoms with van der Waals surface area (Å²) in [6.45, 7) is 2.80. The quantitative estimate of drug-likeness (QED) is 0.667. The van der Waals surface area contributed by atoms with Gasteiger partial charge in [-0.2, -0.15) is 0 Å². The predicted molar refractivity (Wildman–Crippen MR) is 100 cm³/mol. The Morgan fingerprint density at radius 3 is 2.84 bits per heavy atom. The van der Waals surface area contributed by atoms with E-state index in [1.165, 1.54) is 19.3 Å². The molecule has 1 aliphatic carbocycles. The molecular formula is C20H24N4O. The number of aromatic amines is 1. The molecule has 2 aliphatic rings. The predicted octanol–water partition coefficient (Wildman–Crippen LogP) is 2.73. The number of H-pyrrole nitrogens is 1. The van der Waals surface area contributed by atoms with Crippen LogP contribution in [0.4, 0.5) is 5.69 Å². The van der Waals surface area contributed by atoms with Crippen molar-refractivity contribution in [2.24, 2.45) is 5.92 Å². The second-order valence-corrected chi connectivity index (χ2v) is 7.10. The zero-order valence-corrected chi connectivity index (χ0v) is 14.4. The molecule has 2 heterocycles. The van der Waals surface area contributed by atoms with Crippen LogP contribution in [0.25, 0.3) is 11.4 Å². The van der Waals surface area contributed by atoms with Crippen molar-refractivity contribution >= 4 is 5.69 Å². The van der Waals surface area contributed by atoms with Gasteiger partial charge in [-0.05, 0) is 55.9 Å². The summed E-state index contributed by atoms with van der Waals surface area (Å²) in [5.74, 6) is 1.36. The second kappa shape index (κ2) is 6.84. The lowest BCUT2D eigenvalue weighted by atomic mass is 9.93. The summed E-state index contributed by atoms with van der Waals surface area (Å²) < 4.78 is 0. The summed E-state index contributed by atoms with van der Waals surface area (Å²) >= 11 is 0. The number of nitrogens with zero attached hydrogens (tertiary/aromatic N) is 2. The fourth-order valence-electron chi connectivity index (χ4n) is 3.81. The van der Waals surface area contributed by atoms with Crippen LogP contribution in [0.1, 0.15) is 30.5 Å². The lowest BCUT2D eigenvalue weighted by Gasteiger charge is -2.31. The minimum absolute atomic E-state index is 0.00271. The van der Waals surface area contributed by atoms with Crippen molar-refractivity contribution in [3.63, 3.8) is 0 Å². The molecule has 1 aromatic heterocycles. The Hall–Kier alpha value is -2.40. The second-order valence-electron chi connectivity index (χ2n) is 7.10. The molecule has 1 atom stereocenters. The summed E-state index contributed by atoms with van der Waals surface area (Å²) in [6.07, 6.45) is 8.98. The fraction of sp³-hybridized carbons (Fsp3) is 0.400. The van der Waals surface area contributed by atoms with E-state index >= 15 is 0 Å². The summed E-state index contributed by atoms with van der Waals surface area (Å²) in [4.78, 5) is 22.6. The molecule has 2 aromatic rings. The van der Waals surface area contributed by atoms with Crippen molar-refractivity contribution in [2.75, 3.05) is 18.8 Å². The van der Waals surface area contributed by atoms with E-state index in [9.17, 15) is 4.79 Å². The number of benzene rings is 1. The van der Waals surface area contributed by atoms with Gasteiger partial charge < -0.3 is 10.7 Å². The largest absolute Gasteiger partial charge is 0.399 e. The zero-order chi connectivity index (χ0) is 17.2. The number of allylic oxidation sites excluding steroid dienone is 2. The van der Waals surface area contributed by atoms with Crippen molar-refractivity contribution in [3.05, 3.63) is 58.0 Å². The van der Waals surface area contributed by atoms with Gasteiger partial charge in [-0.15, -0.1) is 0 Å². The number of rotatable bonds is 3. The molecule has 0 radical (unpaired) electrons. The highest BCUT2D eigenvalue weighted by Crippen LogP contribution is 2.23. The van der Waals surface area contributed by atoms with Gasteiger partial charge in [0, 0.05) is 36.4 Å². The van der Waals surface area contributed by atoms with Crippen molar-refractivity contribution in [2.45, 2.75) is 32.2 Å². The number of nitrogens with two attached hydrogens (primary N) is 1. The normalized spacial score (nSPS) is 20.4. The van der Waals surface area contributed by atoms with Crippen LogP contribution in [0.3, 0.4) is 0 Å². The molecule has 0 fully saturated rings. The van der Waals surface area contributed by atoms with E-state index in [1.54, 1.807) is 0 Å². The van der Waals surface area contributed by atoms with Gasteiger partial charge in [-0.3, -0.25) is 9.69 Å². The van der Waals surface area contributed by atoms with E-state index in [1.807, 2.05) is 24.3 Å². The van der Waals surface area contributed by atoms with Crippen LogP contribution in [0.5, 0.6) is 0 Å². The minimum Gasteiger partial charge on any atom is -0.399 e. The van der Waals surface area contributed by atoms with Gasteiger partial charge in [0.15, 0.2) is 0 Å². The van der Waals surface area contributed by atoms with Gasteiger partial charge in [0.2, 0.25) is 0 Å². The molecule has 1 aromatic carbocycles. The molecule has 0 bridgehead atoms. The average Bonchev–Trinajstić information content (AvgIpc) is 2.63. The van der Waals surface area contributed by atoms with Crippen molar-refractivity contribution in [3.8, 4) is 11.4 Å². The molecular weight excluding hydrogens is 312 g/mol. The van der Waals surface area contributed by atoms with Crippen LogP contribution in [-0.4, -0.2) is 28.0 Å². The fourth-order valence-corrected chi connectivity index (χ4v) is 3.81. The summed E-state index contributed by atoms with van der Waals surface area (Å²) in [5, 5.41) is 0. The first kappa shape index (κ1) is 16.1. The summed E-state index contributed by atoms with van der Waals surface area (Å²) in [5.41, 5.74) is 9.11. The number of anilines is 1. The minimum atomic E-state index is -0.00271. The first-order valence-corrected chi connectivity index (χ1v) is 9.04. The Kier molecular flexibility index (Phi) is 4.40. The van der Waals surface area contributed by atoms with E-state index in [0.29, 0.717) is 11.5 Å². The van der Waals surface area contributed by atoms with Gasteiger partial charge in [0.05, 0.1) is 5.69 Å².